The van der Waals surface area contributed by atoms with Gasteiger partial charge in [0.05, 0.1) is 0 Å². The van der Waals surface area contributed by atoms with E-state index in [0.29, 0.717) is 6.42 Å². The Morgan fingerprint density at radius 3 is 2.25 bits per heavy atom. The Hall–Kier alpha value is -0.0500. The minimum absolute atomic E-state index is 0.195. The monoisotopic (exact) mass is 291 g/mol. The topological polar surface area (TPSA) is 29.1 Å². The van der Waals surface area contributed by atoms with Crippen LogP contribution in [0.3, 0.4) is 0 Å². The van der Waals surface area contributed by atoms with E-state index in [2.05, 4.69) is 28.2 Å². The predicted molar refractivity (Wildman–Crippen MR) is 74.0 cm³/mol. The molecular weight excluding hydrogens is 266 g/mol. The molecule has 1 unspecified atom stereocenters. The molecule has 0 aliphatic carbocycles. The minimum Gasteiger partial charge on any atom is -0.353 e. The summed E-state index contributed by atoms with van der Waals surface area (Å²) in [5.74, 6) is 0.195. The number of alkyl halides is 1. The van der Waals surface area contributed by atoms with Crippen molar-refractivity contribution in [2.45, 2.75) is 71.3 Å². The first kappa shape index (κ1) is 16.0. The zero-order valence-electron chi connectivity index (χ0n) is 10.7. The Kier molecular flexibility index (Phi) is 11.4. The van der Waals surface area contributed by atoms with E-state index in [0.717, 1.165) is 11.8 Å². The summed E-state index contributed by atoms with van der Waals surface area (Å²) < 4.78 is 0. The third kappa shape index (κ3) is 10.5. The summed E-state index contributed by atoms with van der Waals surface area (Å²) in [5.41, 5.74) is 0. The molecule has 0 saturated heterocycles. The summed E-state index contributed by atoms with van der Waals surface area (Å²) in [7, 11) is 0. The number of unbranched alkanes of at least 4 members (excludes halogenated alkanes) is 6. The van der Waals surface area contributed by atoms with Gasteiger partial charge in [-0.05, 0) is 13.3 Å². The molecule has 0 spiro atoms. The van der Waals surface area contributed by atoms with E-state index in [4.69, 9.17) is 0 Å². The van der Waals surface area contributed by atoms with Crippen LogP contribution in [-0.2, 0) is 4.79 Å². The normalized spacial score (nSPS) is 12.4. The second-order valence-corrected chi connectivity index (χ2v) is 5.14. The maximum Gasteiger partial charge on any atom is 0.220 e. The van der Waals surface area contributed by atoms with Crippen LogP contribution >= 0.6 is 15.9 Å². The van der Waals surface area contributed by atoms with Crippen molar-refractivity contribution in [1.82, 2.24) is 5.32 Å². The summed E-state index contributed by atoms with van der Waals surface area (Å²) in [5, 5.41) is 3.78. The second-order valence-electron chi connectivity index (χ2n) is 4.49. The third-order valence-electron chi connectivity index (χ3n) is 2.65. The molecule has 2 nitrogen and oxygen atoms in total. The van der Waals surface area contributed by atoms with Crippen molar-refractivity contribution in [1.29, 1.82) is 0 Å². The van der Waals surface area contributed by atoms with E-state index >= 15 is 0 Å². The fourth-order valence-corrected chi connectivity index (χ4v) is 1.79. The molecule has 3 heteroatoms. The fraction of sp³-hybridized carbons (Fsp3) is 0.923. The Labute approximate surface area is 109 Å². The van der Waals surface area contributed by atoms with Gasteiger partial charge in [-0.1, -0.05) is 61.4 Å². The number of carbonyl (C=O) groups excluding carboxylic acids is 1. The van der Waals surface area contributed by atoms with Crippen molar-refractivity contribution in [3.05, 3.63) is 0 Å². The molecule has 0 aromatic heterocycles. The van der Waals surface area contributed by atoms with Gasteiger partial charge in [-0.15, -0.1) is 0 Å². The molecule has 0 aromatic carbocycles. The summed E-state index contributed by atoms with van der Waals surface area (Å²) in [4.78, 5) is 11.4. The van der Waals surface area contributed by atoms with Gasteiger partial charge >= 0.3 is 0 Å². The summed E-state index contributed by atoms with van der Waals surface area (Å²) in [6, 6.07) is 0.247. The highest BCUT2D eigenvalue weighted by Gasteiger charge is 2.04. The van der Waals surface area contributed by atoms with E-state index in [1.807, 2.05) is 6.92 Å². The van der Waals surface area contributed by atoms with Gasteiger partial charge in [0, 0.05) is 17.8 Å². The summed E-state index contributed by atoms with van der Waals surface area (Å²) in [6.45, 7) is 4.24. The second kappa shape index (κ2) is 11.4. The number of carbonyl (C=O) groups is 1. The van der Waals surface area contributed by atoms with Gasteiger partial charge in [0.1, 0.15) is 0 Å². The van der Waals surface area contributed by atoms with Crippen LogP contribution < -0.4 is 5.32 Å². The van der Waals surface area contributed by atoms with E-state index in [1.54, 1.807) is 0 Å². The van der Waals surface area contributed by atoms with Crippen molar-refractivity contribution in [3.63, 3.8) is 0 Å². The highest BCUT2D eigenvalue weighted by atomic mass is 79.9. The SMILES string of the molecule is CCCCCCCCCC(=O)NC(C)CBr. The molecule has 1 atom stereocenters. The molecule has 0 rings (SSSR count). The van der Waals surface area contributed by atoms with Gasteiger partial charge in [0.15, 0.2) is 0 Å². The Morgan fingerprint density at radius 1 is 1.12 bits per heavy atom. The smallest absolute Gasteiger partial charge is 0.220 e. The number of rotatable bonds is 10. The molecule has 0 bridgehead atoms. The van der Waals surface area contributed by atoms with Crippen LogP contribution in [0.25, 0.3) is 0 Å². The zero-order valence-corrected chi connectivity index (χ0v) is 12.3. The van der Waals surface area contributed by atoms with E-state index in [9.17, 15) is 4.79 Å². The zero-order chi connectivity index (χ0) is 12.2. The lowest BCUT2D eigenvalue weighted by Gasteiger charge is -2.10. The van der Waals surface area contributed by atoms with E-state index in [-0.39, 0.29) is 11.9 Å². The van der Waals surface area contributed by atoms with Crippen molar-refractivity contribution >= 4 is 21.8 Å². The number of hydrogen-bond acceptors (Lipinski definition) is 1. The molecule has 0 heterocycles. The molecule has 0 fully saturated rings. The Morgan fingerprint density at radius 2 is 1.69 bits per heavy atom. The highest BCUT2D eigenvalue weighted by Crippen LogP contribution is 2.08. The molecule has 0 aliphatic rings. The molecule has 1 N–H and O–H groups in total. The number of halogens is 1. The first-order chi connectivity index (χ1) is 7.70. The van der Waals surface area contributed by atoms with Crippen LogP contribution in [0.4, 0.5) is 0 Å². The lowest BCUT2D eigenvalue weighted by Crippen LogP contribution is -2.33. The predicted octanol–water partition coefficient (Wildman–Crippen LogP) is 4.03. The lowest BCUT2D eigenvalue weighted by atomic mass is 10.1. The van der Waals surface area contributed by atoms with Crippen molar-refractivity contribution < 1.29 is 4.79 Å². The van der Waals surface area contributed by atoms with Crippen molar-refractivity contribution in [2.24, 2.45) is 0 Å². The maximum absolute atomic E-state index is 11.4. The Balaban J connectivity index is 3.21. The van der Waals surface area contributed by atoms with E-state index < -0.39 is 0 Å². The van der Waals surface area contributed by atoms with Crippen LogP contribution in [0.2, 0.25) is 0 Å². The van der Waals surface area contributed by atoms with Gasteiger partial charge in [0.2, 0.25) is 5.91 Å². The fourth-order valence-electron chi connectivity index (χ4n) is 1.63. The molecular formula is C13H26BrNO. The van der Waals surface area contributed by atoms with Gasteiger partial charge in [0.25, 0.3) is 0 Å². The van der Waals surface area contributed by atoms with Gasteiger partial charge in [-0.25, -0.2) is 0 Å². The maximum atomic E-state index is 11.4. The van der Waals surface area contributed by atoms with Crippen LogP contribution in [0.1, 0.15) is 65.2 Å². The minimum atomic E-state index is 0.195. The standard InChI is InChI=1S/C13H26BrNO/c1-3-4-5-6-7-8-9-10-13(16)15-12(2)11-14/h12H,3-11H2,1-2H3,(H,15,16). The van der Waals surface area contributed by atoms with Gasteiger partial charge in [-0.3, -0.25) is 4.79 Å². The van der Waals surface area contributed by atoms with Crippen LogP contribution in [0.5, 0.6) is 0 Å². The molecule has 0 aromatic rings. The summed E-state index contributed by atoms with van der Waals surface area (Å²) >= 11 is 3.35. The van der Waals surface area contributed by atoms with Crippen molar-refractivity contribution in [2.75, 3.05) is 5.33 Å². The molecule has 0 radical (unpaired) electrons. The molecule has 0 saturated carbocycles. The first-order valence-electron chi connectivity index (χ1n) is 6.56. The number of amides is 1. The van der Waals surface area contributed by atoms with Gasteiger partial charge in [-0.2, -0.15) is 0 Å². The lowest BCUT2D eigenvalue weighted by molar-refractivity contribution is -0.121. The van der Waals surface area contributed by atoms with Gasteiger partial charge < -0.3 is 5.32 Å². The largest absolute Gasteiger partial charge is 0.353 e. The van der Waals surface area contributed by atoms with Crippen LogP contribution in [0, 0.1) is 0 Å². The molecule has 96 valence electrons. The Bertz CT molecular complexity index is 173. The average molecular weight is 292 g/mol. The number of nitrogens with one attached hydrogen (secondary N) is 1. The quantitative estimate of drug-likeness (QED) is 0.478. The van der Waals surface area contributed by atoms with Crippen LogP contribution in [-0.4, -0.2) is 17.3 Å². The average Bonchev–Trinajstić information content (AvgIpc) is 2.27. The van der Waals surface area contributed by atoms with Crippen molar-refractivity contribution in [3.8, 4) is 0 Å². The molecule has 0 aliphatic heterocycles. The third-order valence-corrected chi connectivity index (χ3v) is 3.62. The first-order valence-corrected chi connectivity index (χ1v) is 7.68. The molecule has 16 heavy (non-hydrogen) atoms. The highest BCUT2D eigenvalue weighted by molar-refractivity contribution is 9.09. The molecule has 1 amide bonds. The van der Waals surface area contributed by atoms with E-state index in [1.165, 1.54) is 38.5 Å². The number of hydrogen-bond donors (Lipinski definition) is 1. The summed E-state index contributed by atoms with van der Waals surface area (Å²) in [6.07, 6.45) is 9.52. The van der Waals surface area contributed by atoms with Crippen LogP contribution in [0.15, 0.2) is 0 Å².